The second-order valence-electron chi connectivity index (χ2n) is 4.26. The van der Waals surface area contributed by atoms with E-state index in [0.717, 1.165) is 11.1 Å². The predicted octanol–water partition coefficient (Wildman–Crippen LogP) is -0.461. The fraction of sp³-hybridized carbons (Fsp3) is 0.364. The molecule has 0 bridgehead atoms. The summed E-state index contributed by atoms with van der Waals surface area (Å²) in [5.74, 6) is 0.222. The van der Waals surface area contributed by atoms with E-state index in [9.17, 15) is 8.42 Å². The SMILES string of the molecule is CNCc1cccc(CS(=O)(=O)NCc2nn[nH]n2)c1. The van der Waals surface area contributed by atoms with Gasteiger partial charge in [-0.2, -0.15) is 5.21 Å². The third-order valence-corrected chi connectivity index (χ3v) is 3.87. The van der Waals surface area contributed by atoms with E-state index >= 15 is 0 Å². The van der Waals surface area contributed by atoms with Crippen LogP contribution in [0.2, 0.25) is 0 Å². The van der Waals surface area contributed by atoms with Crippen molar-refractivity contribution in [3.8, 4) is 0 Å². The number of H-pyrrole nitrogens is 1. The second kappa shape index (κ2) is 6.55. The van der Waals surface area contributed by atoms with Crippen LogP contribution in [0.1, 0.15) is 17.0 Å². The fourth-order valence-corrected chi connectivity index (χ4v) is 2.81. The number of sulfonamides is 1. The van der Waals surface area contributed by atoms with Gasteiger partial charge in [0.15, 0.2) is 5.82 Å². The average Bonchev–Trinajstić information content (AvgIpc) is 2.90. The van der Waals surface area contributed by atoms with Gasteiger partial charge < -0.3 is 5.32 Å². The minimum Gasteiger partial charge on any atom is -0.316 e. The zero-order valence-corrected chi connectivity index (χ0v) is 11.8. The molecule has 0 atom stereocenters. The van der Waals surface area contributed by atoms with E-state index in [1.54, 1.807) is 6.07 Å². The maximum atomic E-state index is 12.0. The molecule has 8 nitrogen and oxygen atoms in total. The van der Waals surface area contributed by atoms with Gasteiger partial charge in [0.25, 0.3) is 0 Å². The molecule has 0 amide bonds. The van der Waals surface area contributed by atoms with Gasteiger partial charge in [0.05, 0.1) is 12.3 Å². The first-order valence-electron chi connectivity index (χ1n) is 6.01. The van der Waals surface area contributed by atoms with Gasteiger partial charge >= 0.3 is 0 Å². The number of hydrogen-bond donors (Lipinski definition) is 3. The van der Waals surface area contributed by atoms with Crippen LogP contribution in [0.15, 0.2) is 24.3 Å². The summed E-state index contributed by atoms with van der Waals surface area (Å²) in [6.45, 7) is 0.721. The summed E-state index contributed by atoms with van der Waals surface area (Å²) in [7, 11) is -1.59. The molecule has 2 aromatic rings. The zero-order valence-electron chi connectivity index (χ0n) is 11.0. The van der Waals surface area contributed by atoms with E-state index in [1.807, 2.05) is 25.2 Å². The van der Waals surface area contributed by atoms with Crippen molar-refractivity contribution in [1.82, 2.24) is 30.7 Å². The first-order valence-corrected chi connectivity index (χ1v) is 7.66. The molecule has 0 radical (unpaired) electrons. The van der Waals surface area contributed by atoms with Gasteiger partial charge in [-0.3, -0.25) is 0 Å². The highest BCUT2D eigenvalue weighted by atomic mass is 32.2. The first kappa shape index (κ1) is 14.6. The van der Waals surface area contributed by atoms with Gasteiger partial charge in [0.2, 0.25) is 10.0 Å². The number of nitrogens with one attached hydrogen (secondary N) is 3. The normalized spacial score (nSPS) is 11.7. The number of hydrogen-bond acceptors (Lipinski definition) is 6. The lowest BCUT2D eigenvalue weighted by molar-refractivity contribution is 0.578. The number of aromatic amines is 1. The number of rotatable bonds is 7. The van der Waals surface area contributed by atoms with Crippen LogP contribution in [0.25, 0.3) is 0 Å². The zero-order chi connectivity index (χ0) is 14.4. The molecule has 0 saturated carbocycles. The van der Waals surface area contributed by atoms with Gasteiger partial charge in [-0.25, -0.2) is 13.1 Å². The van der Waals surface area contributed by atoms with E-state index < -0.39 is 10.0 Å². The molecule has 2 rings (SSSR count). The molecule has 0 aliphatic carbocycles. The molecule has 0 unspecified atom stereocenters. The molecule has 1 heterocycles. The van der Waals surface area contributed by atoms with E-state index in [0.29, 0.717) is 12.4 Å². The third kappa shape index (κ3) is 4.37. The Morgan fingerprint density at radius 2 is 2.05 bits per heavy atom. The Morgan fingerprint density at radius 3 is 2.75 bits per heavy atom. The van der Waals surface area contributed by atoms with Crippen LogP contribution < -0.4 is 10.0 Å². The van der Waals surface area contributed by atoms with Crippen LogP contribution in [0.3, 0.4) is 0 Å². The van der Waals surface area contributed by atoms with Gasteiger partial charge in [0.1, 0.15) is 0 Å². The molecular formula is C11H16N6O2S. The summed E-state index contributed by atoms with van der Waals surface area (Å²) in [5, 5.41) is 16.0. The van der Waals surface area contributed by atoms with E-state index in [-0.39, 0.29) is 12.3 Å². The summed E-state index contributed by atoms with van der Waals surface area (Å²) < 4.78 is 26.3. The molecular weight excluding hydrogens is 280 g/mol. The molecule has 0 saturated heterocycles. The van der Waals surface area contributed by atoms with Crippen molar-refractivity contribution < 1.29 is 8.42 Å². The van der Waals surface area contributed by atoms with E-state index in [1.165, 1.54) is 0 Å². The maximum Gasteiger partial charge on any atom is 0.216 e. The van der Waals surface area contributed by atoms with Gasteiger partial charge in [-0.1, -0.05) is 29.5 Å². The summed E-state index contributed by atoms with van der Waals surface area (Å²) in [5.41, 5.74) is 1.77. The van der Waals surface area contributed by atoms with Crippen molar-refractivity contribution in [2.75, 3.05) is 7.05 Å². The van der Waals surface area contributed by atoms with Crippen LogP contribution in [0.5, 0.6) is 0 Å². The van der Waals surface area contributed by atoms with Crippen molar-refractivity contribution >= 4 is 10.0 Å². The number of benzene rings is 1. The Hall–Kier alpha value is -1.84. The van der Waals surface area contributed by atoms with Crippen LogP contribution in [0.4, 0.5) is 0 Å². The highest BCUT2D eigenvalue weighted by Crippen LogP contribution is 2.08. The Balaban J connectivity index is 1.98. The van der Waals surface area contributed by atoms with Gasteiger partial charge in [0, 0.05) is 6.54 Å². The largest absolute Gasteiger partial charge is 0.316 e. The van der Waals surface area contributed by atoms with Crippen LogP contribution >= 0.6 is 0 Å². The average molecular weight is 296 g/mol. The lowest BCUT2D eigenvalue weighted by Crippen LogP contribution is -2.25. The highest BCUT2D eigenvalue weighted by Gasteiger charge is 2.12. The summed E-state index contributed by atoms with van der Waals surface area (Å²) >= 11 is 0. The monoisotopic (exact) mass is 296 g/mol. The standard InChI is InChI=1S/C11H16N6O2S/c1-12-6-9-3-2-4-10(5-9)8-20(18,19)13-7-11-14-16-17-15-11/h2-5,12-13H,6-8H2,1H3,(H,14,15,16,17). The van der Waals surface area contributed by atoms with E-state index in [2.05, 4.69) is 30.7 Å². The third-order valence-electron chi connectivity index (χ3n) is 2.57. The van der Waals surface area contributed by atoms with E-state index in [4.69, 9.17) is 0 Å². The van der Waals surface area contributed by atoms with Crippen molar-refractivity contribution in [3.63, 3.8) is 0 Å². The highest BCUT2D eigenvalue weighted by molar-refractivity contribution is 7.88. The quantitative estimate of drug-likeness (QED) is 0.637. The molecule has 9 heteroatoms. The molecule has 108 valence electrons. The minimum absolute atomic E-state index is 0.0229. The Kier molecular flexibility index (Phi) is 4.77. The summed E-state index contributed by atoms with van der Waals surface area (Å²) in [4.78, 5) is 0. The maximum absolute atomic E-state index is 12.0. The predicted molar refractivity (Wildman–Crippen MR) is 72.8 cm³/mol. The minimum atomic E-state index is -3.43. The fourth-order valence-electron chi connectivity index (χ4n) is 1.74. The summed E-state index contributed by atoms with van der Waals surface area (Å²) in [6.07, 6.45) is 0. The lowest BCUT2D eigenvalue weighted by atomic mass is 10.1. The van der Waals surface area contributed by atoms with Crippen LogP contribution in [-0.2, 0) is 28.9 Å². The van der Waals surface area contributed by atoms with Crippen LogP contribution in [-0.4, -0.2) is 36.1 Å². The van der Waals surface area contributed by atoms with Crippen molar-refractivity contribution in [1.29, 1.82) is 0 Å². The number of nitrogens with zero attached hydrogens (tertiary/aromatic N) is 3. The van der Waals surface area contributed by atoms with Crippen molar-refractivity contribution in [2.24, 2.45) is 0 Å². The van der Waals surface area contributed by atoms with Gasteiger partial charge in [-0.05, 0) is 18.2 Å². The van der Waals surface area contributed by atoms with Crippen molar-refractivity contribution in [3.05, 3.63) is 41.2 Å². The van der Waals surface area contributed by atoms with Gasteiger partial charge in [-0.15, -0.1) is 10.2 Å². The Bertz CT molecular complexity index is 641. The topological polar surface area (TPSA) is 113 Å². The number of aromatic nitrogens is 4. The lowest BCUT2D eigenvalue weighted by Gasteiger charge is -2.07. The smallest absolute Gasteiger partial charge is 0.216 e. The first-order chi connectivity index (χ1) is 9.59. The molecule has 1 aromatic heterocycles. The second-order valence-corrected chi connectivity index (χ2v) is 6.07. The molecule has 0 aliphatic heterocycles. The molecule has 3 N–H and O–H groups in total. The van der Waals surface area contributed by atoms with Crippen molar-refractivity contribution in [2.45, 2.75) is 18.8 Å². The van der Waals surface area contributed by atoms with Crippen LogP contribution in [0, 0.1) is 0 Å². The molecule has 0 aliphatic rings. The summed E-state index contributed by atoms with van der Waals surface area (Å²) in [6, 6.07) is 7.44. The Labute approximate surface area is 117 Å². The molecule has 20 heavy (non-hydrogen) atoms. The molecule has 0 spiro atoms. The molecule has 0 fully saturated rings. The Morgan fingerprint density at radius 1 is 1.25 bits per heavy atom. The molecule has 1 aromatic carbocycles. The number of tetrazole rings is 1.